The van der Waals surface area contributed by atoms with Crippen LogP contribution in [0.25, 0.3) is 10.9 Å². The summed E-state index contributed by atoms with van der Waals surface area (Å²) in [6.45, 7) is 0. The molecule has 0 saturated heterocycles. The molecule has 1 heterocycles. The number of Topliss-reactive ketones (excluding diaryl/α,β-unsaturated/α-hetero) is 1. The summed E-state index contributed by atoms with van der Waals surface area (Å²) in [6, 6.07) is 7.88. The van der Waals surface area contributed by atoms with Gasteiger partial charge < -0.3 is 4.57 Å². The van der Waals surface area contributed by atoms with Gasteiger partial charge in [-0.15, -0.1) is 0 Å². The molecule has 96 valence electrons. The quantitative estimate of drug-likeness (QED) is 0.782. The van der Waals surface area contributed by atoms with Crippen LogP contribution in [0.4, 0.5) is 0 Å². The molecule has 0 bridgehead atoms. The number of aryl methyl sites for hydroxylation is 1. The Morgan fingerprint density at radius 3 is 2.95 bits per heavy atom. The normalized spacial score (nSPS) is 19.6. The largest absolute Gasteiger partial charge is 0.350 e. The van der Waals surface area contributed by atoms with Crippen LogP contribution in [0.3, 0.4) is 0 Å². The van der Waals surface area contributed by atoms with Crippen LogP contribution in [0.2, 0.25) is 0 Å². The molecule has 1 aromatic heterocycles. The Balaban J connectivity index is 2.17. The second kappa shape index (κ2) is 4.55. The third-order valence-electron chi connectivity index (χ3n) is 4.08. The van der Waals surface area contributed by atoms with Gasteiger partial charge >= 0.3 is 0 Å². The van der Waals surface area contributed by atoms with Crippen LogP contribution in [0.5, 0.6) is 0 Å². The van der Waals surface area contributed by atoms with Crippen LogP contribution in [0.1, 0.15) is 42.7 Å². The van der Waals surface area contributed by atoms with Crippen molar-refractivity contribution in [1.29, 1.82) is 5.26 Å². The van der Waals surface area contributed by atoms with Crippen molar-refractivity contribution in [1.82, 2.24) is 4.57 Å². The number of hydrogen-bond acceptors (Lipinski definition) is 2. The summed E-state index contributed by atoms with van der Waals surface area (Å²) in [5.41, 5.74) is 2.84. The second-order valence-electron chi connectivity index (χ2n) is 5.30. The lowest BCUT2D eigenvalue weighted by Gasteiger charge is -2.20. The number of carbonyl (C=O) groups excluding carboxylic acids is 1. The maximum Gasteiger partial charge on any atom is 0.140 e. The summed E-state index contributed by atoms with van der Waals surface area (Å²) in [5.74, 6) is 0.368. The number of fused-ring (bicyclic) bond motifs is 1. The minimum absolute atomic E-state index is 0.0198. The topological polar surface area (TPSA) is 45.8 Å². The van der Waals surface area contributed by atoms with E-state index in [9.17, 15) is 4.79 Å². The van der Waals surface area contributed by atoms with E-state index in [2.05, 4.69) is 12.3 Å². The molecule has 0 spiro atoms. The molecule has 0 aliphatic heterocycles. The molecule has 1 aliphatic rings. The predicted molar refractivity (Wildman–Crippen MR) is 73.9 cm³/mol. The van der Waals surface area contributed by atoms with E-state index in [4.69, 9.17) is 5.26 Å². The van der Waals surface area contributed by atoms with Gasteiger partial charge in [-0.2, -0.15) is 5.26 Å². The predicted octanol–water partition coefficient (Wildman–Crippen LogP) is 3.28. The molecule has 3 nitrogen and oxygen atoms in total. The van der Waals surface area contributed by atoms with Gasteiger partial charge in [-0.25, -0.2) is 0 Å². The molecule has 0 N–H and O–H groups in total. The molecule has 1 fully saturated rings. The second-order valence-corrected chi connectivity index (χ2v) is 5.30. The van der Waals surface area contributed by atoms with Crippen LogP contribution < -0.4 is 0 Å². The van der Waals surface area contributed by atoms with Crippen LogP contribution in [-0.2, 0) is 11.8 Å². The average molecular weight is 252 g/mol. The highest BCUT2D eigenvalue weighted by Crippen LogP contribution is 2.35. The maximum absolute atomic E-state index is 12.1. The maximum atomic E-state index is 12.1. The lowest BCUT2D eigenvalue weighted by molar-refractivity contribution is -0.121. The van der Waals surface area contributed by atoms with E-state index in [0.29, 0.717) is 17.8 Å². The summed E-state index contributed by atoms with van der Waals surface area (Å²) in [7, 11) is 1.99. The SMILES string of the molecule is Cn1cc(C2CCCCC2=O)c2cc(C#N)ccc21. The van der Waals surface area contributed by atoms with Crippen molar-refractivity contribution in [2.45, 2.75) is 31.6 Å². The molecule has 1 atom stereocenters. The highest BCUT2D eigenvalue weighted by Gasteiger charge is 2.26. The van der Waals surface area contributed by atoms with E-state index < -0.39 is 0 Å². The number of benzene rings is 1. The van der Waals surface area contributed by atoms with Gasteiger partial charge in [0.05, 0.1) is 11.6 Å². The Hall–Kier alpha value is -2.08. The molecule has 19 heavy (non-hydrogen) atoms. The molecule has 0 radical (unpaired) electrons. The summed E-state index contributed by atoms with van der Waals surface area (Å²) < 4.78 is 2.05. The number of ketones is 1. The van der Waals surface area contributed by atoms with E-state index in [1.807, 2.05) is 29.8 Å². The Kier molecular flexibility index (Phi) is 2.87. The van der Waals surface area contributed by atoms with E-state index in [0.717, 1.165) is 35.7 Å². The molecule has 3 heteroatoms. The number of hydrogen-bond donors (Lipinski definition) is 0. The monoisotopic (exact) mass is 252 g/mol. The van der Waals surface area contributed by atoms with Gasteiger partial charge in [0.1, 0.15) is 5.78 Å². The fourth-order valence-electron chi connectivity index (χ4n) is 3.08. The summed E-state index contributed by atoms with van der Waals surface area (Å²) in [6.07, 6.45) is 5.82. The standard InChI is InChI=1S/C16H16N2O/c1-18-10-14(12-4-2-3-5-16(12)19)13-8-11(9-17)6-7-15(13)18/h6-8,10,12H,2-5H2,1H3. The molecule has 1 aromatic carbocycles. The van der Waals surface area contributed by atoms with Crippen LogP contribution >= 0.6 is 0 Å². The molecule has 0 amide bonds. The van der Waals surface area contributed by atoms with E-state index in [1.165, 1.54) is 0 Å². The molecular weight excluding hydrogens is 236 g/mol. The lowest BCUT2D eigenvalue weighted by Crippen LogP contribution is -2.16. The molecule has 1 unspecified atom stereocenters. The Morgan fingerprint density at radius 1 is 1.37 bits per heavy atom. The summed E-state index contributed by atoms with van der Waals surface area (Å²) in [5, 5.41) is 10.1. The first kappa shape index (κ1) is 12.0. The van der Waals surface area contributed by atoms with E-state index >= 15 is 0 Å². The van der Waals surface area contributed by atoms with Crippen molar-refractivity contribution in [3.8, 4) is 6.07 Å². The van der Waals surface area contributed by atoms with Gasteiger partial charge in [-0.1, -0.05) is 6.42 Å². The minimum Gasteiger partial charge on any atom is -0.350 e. The van der Waals surface area contributed by atoms with Crippen molar-refractivity contribution in [2.75, 3.05) is 0 Å². The number of nitrogens with zero attached hydrogens (tertiary/aromatic N) is 2. The number of nitriles is 1. The van der Waals surface area contributed by atoms with E-state index in [-0.39, 0.29) is 5.92 Å². The van der Waals surface area contributed by atoms with Crippen molar-refractivity contribution in [2.24, 2.45) is 7.05 Å². The van der Waals surface area contributed by atoms with Crippen molar-refractivity contribution < 1.29 is 4.79 Å². The van der Waals surface area contributed by atoms with Gasteiger partial charge in [0.25, 0.3) is 0 Å². The number of carbonyl (C=O) groups is 1. The van der Waals surface area contributed by atoms with Gasteiger partial charge in [-0.3, -0.25) is 4.79 Å². The molecule has 2 aromatic rings. The number of rotatable bonds is 1. The minimum atomic E-state index is 0.0198. The third-order valence-corrected chi connectivity index (χ3v) is 4.08. The van der Waals surface area contributed by atoms with Gasteiger partial charge in [0, 0.05) is 36.5 Å². The van der Waals surface area contributed by atoms with Gasteiger partial charge in [0.15, 0.2) is 0 Å². The zero-order chi connectivity index (χ0) is 13.4. The van der Waals surface area contributed by atoms with Crippen LogP contribution in [-0.4, -0.2) is 10.4 Å². The zero-order valence-corrected chi connectivity index (χ0v) is 11.0. The number of aromatic nitrogens is 1. The zero-order valence-electron chi connectivity index (χ0n) is 11.0. The van der Waals surface area contributed by atoms with Gasteiger partial charge in [-0.05, 0) is 36.6 Å². The van der Waals surface area contributed by atoms with Crippen LogP contribution in [0.15, 0.2) is 24.4 Å². The van der Waals surface area contributed by atoms with Crippen molar-refractivity contribution in [3.05, 3.63) is 35.5 Å². The Morgan fingerprint density at radius 2 is 2.21 bits per heavy atom. The first-order chi connectivity index (χ1) is 9.20. The fourth-order valence-corrected chi connectivity index (χ4v) is 3.08. The van der Waals surface area contributed by atoms with Crippen molar-refractivity contribution in [3.63, 3.8) is 0 Å². The molecular formula is C16H16N2O. The highest BCUT2D eigenvalue weighted by atomic mass is 16.1. The summed E-state index contributed by atoms with van der Waals surface area (Å²) in [4.78, 5) is 12.1. The molecule has 3 rings (SSSR count). The highest BCUT2D eigenvalue weighted by molar-refractivity contribution is 5.94. The molecule has 1 saturated carbocycles. The smallest absolute Gasteiger partial charge is 0.140 e. The first-order valence-corrected chi connectivity index (χ1v) is 6.72. The van der Waals surface area contributed by atoms with Crippen LogP contribution in [0, 0.1) is 11.3 Å². The molecule has 1 aliphatic carbocycles. The van der Waals surface area contributed by atoms with E-state index in [1.54, 1.807) is 0 Å². The average Bonchev–Trinajstić information content (AvgIpc) is 2.76. The lowest BCUT2D eigenvalue weighted by atomic mass is 9.83. The summed E-state index contributed by atoms with van der Waals surface area (Å²) >= 11 is 0. The fraction of sp³-hybridized carbons (Fsp3) is 0.375. The third kappa shape index (κ3) is 1.94. The Bertz CT molecular complexity index is 691. The Labute approximate surface area is 112 Å². The van der Waals surface area contributed by atoms with Gasteiger partial charge in [0.2, 0.25) is 0 Å². The van der Waals surface area contributed by atoms with Crippen molar-refractivity contribution >= 4 is 16.7 Å². The first-order valence-electron chi connectivity index (χ1n) is 6.72.